The van der Waals surface area contributed by atoms with Crippen molar-refractivity contribution >= 4 is 5.91 Å². The summed E-state index contributed by atoms with van der Waals surface area (Å²) in [5.74, 6) is 2.18. The van der Waals surface area contributed by atoms with E-state index in [0.29, 0.717) is 6.42 Å². The lowest BCUT2D eigenvalue weighted by Crippen LogP contribution is -2.35. The molecule has 0 aliphatic carbocycles. The third-order valence-electron chi connectivity index (χ3n) is 1.42. The summed E-state index contributed by atoms with van der Waals surface area (Å²) in [6.45, 7) is 2.22. The second-order valence-electron chi connectivity index (χ2n) is 2.36. The van der Waals surface area contributed by atoms with Crippen LogP contribution in [0.15, 0.2) is 0 Å². The molecule has 0 heterocycles. The number of hydrogen-bond acceptors (Lipinski definition) is 2. The van der Waals surface area contributed by atoms with E-state index in [1.54, 1.807) is 0 Å². The number of nitrogens with two attached hydrogens (primary N) is 1. The summed E-state index contributed by atoms with van der Waals surface area (Å²) in [5.41, 5.74) is 4.94. The van der Waals surface area contributed by atoms with E-state index in [9.17, 15) is 4.79 Å². The van der Waals surface area contributed by atoms with Crippen LogP contribution in [0.5, 0.6) is 0 Å². The van der Waals surface area contributed by atoms with Crippen LogP contribution in [0.1, 0.15) is 19.8 Å². The predicted octanol–water partition coefficient (Wildman–Crippen LogP) is -0.137. The van der Waals surface area contributed by atoms with E-state index >= 15 is 0 Å². The second-order valence-corrected chi connectivity index (χ2v) is 2.36. The molecule has 0 rings (SSSR count). The van der Waals surface area contributed by atoms with Crippen molar-refractivity contribution in [1.82, 2.24) is 5.32 Å². The molecule has 0 fully saturated rings. The van der Waals surface area contributed by atoms with Gasteiger partial charge in [-0.3, -0.25) is 4.79 Å². The van der Waals surface area contributed by atoms with Crippen molar-refractivity contribution in [2.45, 2.75) is 25.8 Å². The Labute approximate surface area is 67.3 Å². The average Bonchev–Trinajstić information content (AvgIpc) is 1.97. The van der Waals surface area contributed by atoms with Gasteiger partial charge in [-0.25, -0.2) is 0 Å². The lowest BCUT2D eigenvalue weighted by atomic mass is 10.1. The highest BCUT2D eigenvalue weighted by molar-refractivity contribution is 5.75. The van der Waals surface area contributed by atoms with Crippen LogP contribution in [0.25, 0.3) is 0 Å². The molecule has 0 aromatic heterocycles. The summed E-state index contributed by atoms with van der Waals surface area (Å²) in [4.78, 5) is 10.3. The van der Waals surface area contributed by atoms with E-state index in [2.05, 4.69) is 11.2 Å². The largest absolute Gasteiger partial charge is 0.369 e. The maximum atomic E-state index is 10.3. The summed E-state index contributed by atoms with van der Waals surface area (Å²) in [5, 5.41) is 2.95. The first-order valence-corrected chi connectivity index (χ1v) is 3.65. The van der Waals surface area contributed by atoms with Gasteiger partial charge in [0.25, 0.3) is 0 Å². The fourth-order valence-electron chi connectivity index (χ4n) is 0.748. The fraction of sp³-hybridized carbons (Fsp3) is 0.625. The zero-order valence-electron chi connectivity index (χ0n) is 6.76. The van der Waals surface area contributed by atoms with E-state index in [4.69, 9.17) is 12.2 Å². The first-order chi connectivity index (χ1) is 5.20. The van der Waals surface area contributed by atoms with Gasteiger partial charge in [-0.05, 0) is 6.42 Å². The third-order valence-corrected chi connectivity index (χ3v) is 1.42. The van der Waals surface area contributed by atoms with Crippen LogP contribution in [0.3, 0.4) is 0 Å². The van der Waals surface area contributed by atoms with Crippen LogP contribution in [-0.4, -0.2) is 18.5 Å². The van der Waals surface area contributed by atoms with Gasteiger partial charge in [0.2, 0.25) is 5.91 Å². The lowest BCUT2D eigenvalue weighted by Gasteiger charge is -2.11. The van der Waals surface area contributed by atoms with Crippen LogP contribution in [0, 0.1) is 12.3 Å². The molecule has 11 heavy (non-hydrogen) atoms. The number of primary amides is 1. The molecule has 0 aromatic rings. The molecule has 62 valence electrons. The van der Waals surface area contributed by atoms with Gasteiger partial charge in [-0.1, -0.05) is 6.92 Å². The number of rotatable bonds is 5. The monoisotopic (exact) mass is 154 g/mol. The van der Waals surface area contributed by atoms with Crippen LogP contribution >= 0.6 is 0 Å². The number of amides is 1. The van der Waals surface area contributed by atoms with Crippen LogP contribution < -0.4 is 11.1 Å². The van der Waals surface area contributed by atoms with E-state index in [-0.39, 0.29) is 18.5 Å². The highest BCUT2D eigenvalue weighted by Gasteiger charge is 2.03. The van der Waals surface area contributed by atoms with Gasteiger partial charge in [0.1, 0.15) is 0 Å². The van der Waals surface area contributed by atoms with Crippen LogP contribution in [-0.2, 0) is 4.79 Å². The minimum absolute atomic E-state index is 0.209. The van der Waals surface area contributed by atoms with Gasteiger partial charge in [0.05, 0.1) is 6.54 Å². The van der Waals surface area contributed by atoms with E-state index in [1.807, 2.05) is 6.92 Å². The number of nitrogens with one attached hydrogen (secondary N) is 1. The fourth-order valence-corrected chi connectivity index (χ4v) is 0.748. The van der Waals surface area contributed by atoms with Gasteiger partial charge in [-0.2, -0.15) is 0 Å². The van der Waals surface area contributed by atoms with E-state index in [1.165, 1.54) is 0 Å². The molecule has 1 amide bonds. The zero-order chi connectivity index (χ0) is 8.69. The predicted molar refractivity (Wildman–Crippen MR) is 44.7 cm³/mol. The van der Waals surface area contributed by atoms with Gasteiger partial charge in [0.15, 0.2) is 0 Å². The summed E-state index contributed by atoms with van der Waals surface area (Å²) >= 11 is 0. The quantitative estimate of drug-likeness (QED) is 0.542. The van der Waals surface area contributed by atoms with Gasteiger partial charge in [0, 0.05) is 12.5 Å². The molecule has 0 aromatic carbocycles. The van der Waals surface area contributed by atoms with E-state index < -0.39 is 0 Å². The second kappa shape index (κ2) is 5.75. The Kier molecular flexibility index (Phi) is 5.22. The molecular formula is C8H14N2O. The molecule has 0 bridgehead atoms. The summed E-state index contributed by atoms with van der Waals surface area (Å²) in [6, 6.07) is 0.215. The smallest absolute Gasteiger partial charge is 0.231 e. The molecule has 0 spiro atoms. The molecule has 1 atom stereocenters. The highest BCUT2D eigenvalue weighted by atomic mass is 16.1. The molecule has 0 saturated heterocycles. The van der Waals surface area contributed by atoms with Crippen molar-refractivity contribution < 1.29 is 4.79 Å². The SMILES string of the molecule is C#CCC(CC)NCC(N)=O. The third kappa shape index (κ3) is 5.43. The van der Waals surface area contributed by atoms with Gasteiger partial charge < -0.3 is 11.1 Å². The minimum Gasteiger partial charge on any atom is -0.369 e. The molecular weight excluding hydrogens is 140 g/mol. The lowest BCUT2D eigenvalue weighted by molar-refractivity contribution is -0.117. The molecule has 3 N–H and O–H groups in total. The first kappa shape index (κ1) is 9.99. The minimum atomic E-state index is -0.347. The molecule has 0 saturated carbocycles. The standard InChI is InChI=1S/C8H14N2O/c1-3-5-7(4-2)10-6-8(9)11/h1,7,10H,4-6H2,2H3,(H2,9,11). The molecule has 1 unspecified atom stereocenters. The molecule has 3 nitrogen and oxygen atoms in total. The Morgan fingerprint density at radius 1 is 1.82 bits per heavy atom. The number of hydrogen-bond donors (Lipinski definition) is 2. The average molecular weight is 154 g/mol. The van der Waals surface area contributed by atoms with Crippen molar-refractivity contribution in [3.63, 3.8) is 0 Å². The first-order valence-electron chi connectivity index (χ1n) is 3.65. The summed E-state index contributed by atoms with van der Waals surface area (Å²) < 4.78 is 0. The Bertz CT molecular complexity index is 160. The summed E-state index contributed by atoms with van der Waals surface area (Å²) in [6.07, 6.45) is 6.66. The molecule has 0 radical (unpaired) electrons. The molecule has 0 aliphatic rings. The van der Waals surface area contributed by atoms with Crippen molar-refractivity contribution in [3.05, 3.63) is 0 Å². The van der Waals surface area contributed by atoms with Crippen molar-refractivity contribution in [2.75, 3.05) is 6.54 Å². The highest BCUT2D eigenvalue weighted by Crippen LogP contribution is 1.94. The van der Waals surface area contributed by atoms with Gasteiger partial charge >= 0.3 is 0 Å². The van der Waals surface area contributed by atoms with Crippen LogP contribution in [0.4, 0.5) is 0 Å². The van der Waals surface area contributed by atoms with Crippen molar-refractivity contribution in [1.29, 1.82) is 0 Å². The molecule has 0 aliphatic heterocycles. The number of carbonyl (C=O) groups is 1. The topological polar surface area (TPSA) is 55.1 Å². The Balaban J connectivity index is 3.53. The zero-order valence-corrected chi connectivity index (χ0v) is 6.76. The Morgan fingerprint density at radius 3 is 2.82 bits per heavy atom. The number of terminal acetylenes is 1. The van der Waals surface area contributed by atoms with E-state index in [0.717, 1.165) is 6.42 Å². The normalized spacial score (nSPS) is 12.0. The van der Waals surface area contributed by atoms with Gasteiger partial charge in [-0.15, -0.1) is 12.3 Å². The molecule has 3 heteroatoms. The maximum Gasteiger partial charge on any atom is 0.231 e. The van der Waals surface area contributed by atoms with Crippen LogP contribution in [0.2, 0.25) is 0 Å². The summed E-state index contributed by atoms with van der Waals surface area (Å²) in [7, 11) is 0. The Morgan fingerprint density at radius 2 is 2.45 bits per heavy atom. The van der Waals surface area contributed by atoms with Crippen molar-refractivity contribution in [3.8, 4) is 12.3 Å². The Hall–Kier alpha value is -1.01. The number of carbonyl (C=O) groups excluding carboxylic acids is 1. The maximum absolute atomic E-state index is 10.3. The van der Waals surface area contributed by atoms with Crippen molar-refractivity contribution in [2.24, 2.45) is 5.73 Å².